The molecule has 1 aromatic carbocycles. The number of carbonyl (C=O) groups is 1. The molecular weight excluding hydrogens is 366 g/mol. The number of fused-ring (bicyclic) bond motifs is 3. The molecule has 1 aromatic heterocycles. The van der Waals surface area contributed by atoms with Crippen molar-refractivity contribution in [1.29, 1.82) is 0 Å². The van der Waals surface area contributed by atoms with E-state index in [0.29, 0.717) is 22.4 Å². The highest BCUT2D eigenvalue weighted by atomic mass is 32.1. The SMILES string of the molecule is CCN1C(=O)N(CC)C2C1NN=c1s/c(=C\c3ccc(OC)cc3)c(=O)n12. The molecule has 9 heteroatoms. The zero-order chi connectivity index (χ0) is 19.1. The summed E-state index contributed by atoms with van der Waals surface area (Å²) >= 11 is 1.32. The van der Waals surface area contributed by atoms with Crippen molar-refractivity contribution < 1.29 is 9.53 Å². The second-order valence-electron chi connectivity index (χ2n) is 6.30. The molecule has 4 rings (SSSR count). The first-order valence-electron chi connectivity index (χ1n) is 8.86. The number of amides is 2. The molecule has 0 saturated carbocycles. The number of nitrogens with one attached hydrogen (secondary N) is 1. The minimum atomic E-state index is -0.392. The van der Waals surface area contributed by atoms with Crippen molar-refractivity contribution in [3.05, 3.63) is 49.5 Å². The maximum atomic E-state index is 13.1. The van der Waals surface area contributed by atoms with E-state index in [-0.39, 0.29) is 17.8 Å². The normalized spacial score (nSPS) is 21.6. The summed E-state index contributed by atoms with van der Waals surface area (Å²) in [5.41, 5.74) is 3.84. The summed E-state index contributed by atoms with van der Waals surface area (Å²) in [5, 5.41) is 4.36. The molecule has 2 atom stereocenters. The molecule has 2 amide bonds. The standard InChI is InChI=1S/C18H21N5O3S/c1-4-21-14-15(22(5-2)18(21)25)23-16(24)13(27-17(23)20-19-14)10-11-6-8-12(26-3)9-7-11/h6-10,14-15,19H,4-5H2,1-3H3/b13-10-. The first kappa shape index (κ1) is 17.6. The van der Waals surface area contributed by atoms with Gasteiger partial charge in [-0.1, -0.05) is 23.5 Å². The summed E-state index contributed by atoms with van der Waals surface area (Å²) in [6.07, 6.45) is 1.11. The molecule has 3 heterocycles. The van der Waals surface area contributed by atoms with E-state index in [1.807, 2.05) is 44.2 Å². The Morgan fingerprint density at radius 1 is 1.19 bits per heavy atom. The van der Waals surface area contributed by atoms with Crippen molar-refractivity contribution in [1.82, 2.24) is 19.8 Å². The summed E-state index contributed by atoms with van der Waals surface area (Å²) in [5.74, 6) is 0.763. The molecule has 0 bridgehead atoms. The van der Waals surface area contributed by atoms with Gasteiger partial charge < -0.3 is 4.74 Å². The predicted molar refractivity (Wildman–Crippen MR) is 102 cm³/mol. The Kier molecular flexibility index (Phi) is 4.39. The number of likely N-dealkylation sites (N-methyl/N-ethyl adjacent to an activating group) is 2. The van der Waals surface area contributed by atoms with Crippen LogP contribution in [0.3, 0.4) is 0 Å². The fourth-order valence-corrected chi connectivity index (χ4v) is 4.54. The molecular formula is C18H21N5O3S. The molecule has 0 aliphatic carbocycles. The van der Waals surface area contributed by atoms with Crippen LogP contribution in [-0.4, -0.2) is 46.8 Å². The average molecular weight is 387 g/mol. The number of hydrogen-bond donors (Lipinski definition) is 1. The van der Waals surface area contributed by atoms with E-state index in [2.05, 4.69) is 10.5 Å². The number of methoxy groups -OCH3 is 1. The summed E-state index contributed by atoms with van der Waals surface area (Å²) in [6, 6.07) is 7.43. The Labute approximate surface area is 160 Å². The lowest BCUT2D eigenvalue weighted by atomic mass is 10.2. The highest BCUT2D eigenvalue weighted by molar-refractivity contribution is 7.07. The lowest BCUT2D eigenvalue weighted by Crippen LogP contribution is -2.53. The highest BCUT2D eigenvalue weighted by Gasteiger charge is 2.48. The van der Waals surface area contributed by atoms with Crippen LogP contribution >= 0.6 is 11.3 Å². The van der Waals surface area contributed by atoms with Crippen LogP contribution in [0.4, 0.5) is 4.79 Å². The maximum Gasteiger partial charge on any atom is 0.323 e. The van der Waals surface area contributed by atoms with Gasteiger partial charge in [0, 0.05) is 13.1 Å². The molecule has 27 heavy (non-hydrogen) atoms. The molecule has 1 fully saturated rings. The third kappa shape index (κ3) is 2.69. The van der Waals surface area contributed by atoms with Gasteiger partial charge in [-0.2, -0.15) is 0 Å². The molecule has 1 N–H and O–H groups in total. The van der Waals surface area contributed by atoms with E-state index < -0.39 is 6.17 Å². The van der Waals surface area contributed by atoms with Crippen LogP contribution in [0.15, 0.2) is 34.2 Å². The van der Waals surface area contributed by atoms with E-state index >= 15 is 0 Å². The number of carbonyl (C=O) groups excluding carboxylic acids is 1. The van der Waals surface area contributed by atoms with Crippen LogP contribution in [0.2, 0.25) is 0 Å². The van der Waals surface area contributed by atoms with Crippen molar-refractivity contribution >= 4 is 23.4 Å². The Hall–Kier alpha value is -2.81. The summed E-state index contributed by atoms with van der Waals surface area (Å²) in [7, 11) is 1.62. The van der Waals surface area contributed by atoms with E-state index in [0.717, 1.165) is 11.3 Å². The Balaban J connectivity index is 1.82. The first-order valence-corrected chi connectivity index (χ1v) is 9.68. The minimum absolute atomic E-state index is 0.0793. The van der Waals surface area contributed by atoms with Gasteiger partial charge in [0.15, 0.2) is 12.3 Å². The lowest BCUT2D eigenvalue weighted by molar-refractivity contribution is 0.151. The van der Waals surface area contributed by atoms with E-state index in [1.54, 1.807) is 21.5 Å². The topological polar surface area (TPSA) is 79.2 Å². The number of urea groups is 1. The summed E-state index contributed by atoms with van der Waals surface area (Å²) < 4.78 is 7.39. The van der Waals surface area contributed by atoms with E-state index in [9.17, 15) is 9.59 Å². The van der Waals surface area contributed by atoms with Gasteiger partial charge in [0.05, 0.1) is 11.6 Å². The summed E-state index contributed by atoms with van der Waals surface area (Å²) in [4.78, 5) is 29.8. The second-order valence-corrected chi connectivity index (χ2v) is 7.30. The van der Waals surface area contributed by atoms with Crippen molar-refractivity contribution in [2.45, 2.75) is 26.2 Å². The number of hydrogen-bond acceptors (Lipinski definition) is 6. The Bertz CT molecular complexity index is 1040. The third-order valence-corrected chi connectivity index (χ3v) is 5.90. The first-order chi connectivity index (χ1) is 13.1. The number of nitrogens with zero attached hydrogens (tertiary/aromatic N) is 4. The van der Waals surface area contributed by atoms with Crippen LogP contribution in [0.5, 0.6) is 5.75 Å². The smallest absolute Gasteiger partial charge is 0.323 e. The molecule has 2 aromatic rings. The lowest BCUT2D eigenvalue weighted by Gasteiger charge is -2.29. The third-order valence-electron chi connectivity index (χ3n) is 4.92. The highest BCUT2D eigenvalue weighted by Crippen LogP contribution is 2.28. The molecule has 8 nitrogen and oxygen atoms in total. The Morgan fingerprint density at radius 3 is 2.52 bits per heavy atom. The van der Waals surface area contributed by atoms with Gasteiger partial charge in [0.25, 0.3) is 5.56 Å². The fourth-order valence-electron chi connectivity index (χ4n) is 3.57. The fraction of sp³-hybridized carbons (Fsp3) is 0.389. The number of aromatic nitrogens is 1. The van der Waals surface area contributed by atoms with Crippen LogP contribution in [-0.2, 0) is 0 Å². The molecule has 2 unspecified atom stereocenters. The van der Waals surface area contributed by atoms with Gasteiger partial charge in [-0.15, -0.1) is 5.10 Å². The average Bonchev–Trinajstić information content (AvgIpc) is 3.15. The van der Waals surface area contributed by atoms with Crippen LogP contribution in [0, 0.1) is 0 Å². The van der Waals surface area contributed by atoms with Crippen LogP contribution in [0.25, 0.3) is 6.08 Å². The molecule has 142 valence electrons. The number of thiazole rings is 1. The van der Waals surface area contributed by atoms with Crippen LogP contribution in [0.1, 0.15) is 25.6 Å². The monoisotopic (exact) mass is 387 g/mol. The van der Waals surface area contributed by atoms with E-state index in [1.165, 1.54) is 11.3 Å². The second kappa shape index (κ2) is 6.73. The largest absolute Gasteiger partial charge is 0.497 e. The van der Waals surface area contributed by atoms with Gasteiger partial charge >= 0.3 is 6.03 Å². The van der Waals surface area contributed by atoms with Crippen molar-refractivity contribution in [2.75, 3.05) is 20.2 Å². The van der Waals surface area contributed by atoms with Gasteiger partial charge in [0.1, 0.15) is 5.75 Å². The molecule has 2 aliphatic heterocycles. The van der Waals surface area contributed by atoms with Gasteiger partial charge in [0.2, 0.25) is 4.80 Å². The van der Waals surface area contributed by atoms with Crippen LogP contribution < -0.4 is 25.1 Å². The number of benzene rings is 1. The van der Waals surface area contributed by atoms with Gasteiger partial charge in [-0.05, 0) is 37.6 Å². The molecule has 2 aliphatic rings. The predicted octanol–water partition coefficient (Wildman–Crippen LogP) is 0.487. The quantitative estimate of drug-likeness (QED) is 0.828. The number of rotatable bonds is 4. The molecule has 0 radical (unpaired) electrons. The number of ether oxygens (including phenoxy) is 1. The zero-order valence-corrected chi connectivity index (χ0v) is 16.2. The van der Waals surface area contributed by atoms with Crippen molar-refractivity contribution in [3.8, 4) is 5.75 Å². The van der Waals surface area contributed by atoms with Crippen molar-refractivity contribution in [3.63, 3.8) is 0 Å². The molecule has 1 saturated heterocycles. The summed E-state index contributed by atoms with van der Waals surface area (Å²) in [6.45, 7) is 4.92. The molecule has 0 spiro atoms. The zero-order valence-electron chi connectivity index (χ0n) is 15.4. The van der Waals surface area contributed by atoms with Gasteiger partial charge in [-0.25, -0.2) is 4.79 Å². The minimum Gasteiger partial charge on any atom is -0.497 e. The Morgan fingerprint density at radius 2 is 1.89 bits per heavy atom. The van der Waals surface area contributed by atoms with E-state index in [4.69, 9.17) is 4.74 Å². The van der Waals surface area contributed by atoms with Crippen molar-refractivity contribution in [2.24, 2.45) is 5.10 Å². The maximum absolute atomic E-state index is 13.1. The van der Waals surface area contributed by atoms with Gasteiger partial charge in [-0.3, -0.25) is 24.6 Å².